The van der Waals surface area contributed by atoms with E-state index in [1.807, 2.05) is 4.90 Å². The Bertz CT molecular complexity index is 898. The molecule has 0 radical (unpaired) electrons. The number of amides is 2. The minimum Gasteiger partial charge on any atom is -0.406 e. The Labute approximate surface area is 165 Å². The summed E-state index contributed by atoms with van der Waals surface area (Å²) in [5.41, 5.74) is 7.65. The van der Waals surface area contributed by atoms with E-state index in [1.54, 1.807) is 18.2 Å². The molecule has 3 rings (SSSR count). The highest BCUT2D eigenvalue weighted by Crippen LogP contribution is 2.32. The van der Waals surface area contributed by atoms with Gasteiger partial charge in [0.1, 0.15) is 5.75 Å². The Hall–Kier alpha value is -3.23. The molecule has 0 fully saturated rings. The fourth-order valence-electron chi connectivity index (χ4n) is 3.26. The van der Waals surface area contributed by atoms with Crippen LogP contribution in [0.4, 0.5) is 24.5 Å². The average molecular weight is 407 g/mol. The number of nitrogens with two attached hydrogens (primary N) is 1. The van der Waals surface area contributed by atoms with E-state index in [1.165, 1.54) is 24.3 Å². The third-order valence-electron chi connectivity index (χ3n) is 4.56. The molecule has 0 unspecified atom stereocenters. The van der Waals surface area contributed by atoms with Gasteiger partial charge in [0.25, 0.3) is 0 Å². The molecule has 154 valence electrons. The number of anilines is 2. The van der Waals surface area contributed by atoms with Crippen molar-refractivity contribution in [1.29, 1.82) is 0 Å². The van der Waals surface area contributed by atoms with Crippen molar-refractivity contribution in [3.8, 4) is 5.75 Å². The lowest BCUT2D eigenvalue weighted by molar-refractivity contribution is -0.274. The second-order valence-corrected chi connectivity index (χ2v) is 6.67. The highest BCUT2D eigenvalue weighted by molar-refractivity contribution is 5.94. The monoisotopic (exact) mass is 407 g/mol. The highest BCUT2D eigenvalue weighted by atomic mass is 19.4. The summed E-state index contributed by atoms with van der Waals surface area (Å²) in [6.45, 7) is 1.14. The first-order valence-corrected chi connectivity index (χ1v) is 9.04. The molecule has 6 nitrogen and oxygen atoms in total. The highest BCUT2D eigenvalue weighted by Gasteiger charge is 2.31. The molecule has 2 aromatic carbocycles. The molecule has 0 spiro atoms. The van der Waals surface area contributed by atoms with Crippen molar-refractivity contribution in [3.05, 3.63) is 53.6 Å². The van der Waals surface area contributed by atoms with Crippen LogP contribution in [0.5, 0.6) is 5.75 Å². The van der Waals surface area contributed by atoms with Crippen LogP contribution in [0.3, 0.4) is 0 Å². The van der Waals surface area contributed by atoms with E-state index in [0.29, 0.717) is 30.8 Å². The molecule has 0 aliphatic carbocycles. The number of nitrogens with one attached hydrogen (secondary N) is 1. The predicted molar refractivity (Wildman–Crippen MR) is 102 cm³/mol. The molecule has 0 aromatic heterocycles. The Morgan fingerprint density at radius 3 is 2.52 bits per heavy atom. The number of hydrogen-bond acceptors (Lipinski definition) is 4. The molecule has 0 saturated carbocycles. The van der Waals surface area contributed by atoms with Gasteiger partial charge in [0.2, 0.25) is 11.8 Å². The molecule has 2 amide bonds. The van der Waals surface area contributed by atoms with Crippen LogP contribution in [0.15, 0.2) is 42.5 Å². The normalized spacial score (nSPS) is 13.6. The topological polar surface area (TPSA) is 84.7 Å². The second-order valence-electron chi connectivity index (χ2n) is 6.67. The molecule has 29 heavy (non-hydrogen) atoms. The van der Waals surface area contributed by atoms with Crippen molar-refractivity contribution < 1.29 is 27.5 Å². The Morgan fingerprint density at radius 2 is 1.86 bits per heavy atom. The predicted octanol–water partition coefficient (Wildman–Crippen LogP) is 3.47. The van der Waals surface area contributed by atoms with E-state index in [-0.39, 0.29) is 18.1 Å². The zero-order chi connectivity index (χ0) is 21.0. The number of carbonyl (C=O) groups excluding carboxylic acids is 2. The summed E-state index contributed by atoms with van der Waals surface area (Å²) in [7, 11) is 0. The minimum atomic E-state index is -4.73. The van der Waals surface area contributed by atoms with Gasteiger partial charge in [-0.25, -0.2) is 0 Å². The lowest BCUT2D eigenvalue weighted by Gasteiger charge is -2.31. The number of aryl methyl sites for hydroxylation is 1. The number of hydrogen-bond donors (Lipinski definition) is 2. The number of rotatable bonds is 6. The smallest absolute Gasteiger partial charge is 0.406 e. The fourth-order valence-corrected chi connectivity index (χ4v) is 3.26. The van der Waals surface area contributed by atoms with Crippen molar-refractivity contribution >= 4 is 23.2 Å². The van der Waals surface area contributed by atoms with Crippen molar-refractivity contribution in [2.45, 2.75) is 25.6 Å². The van der Waals surface area contributed by atoms with E-state index in [9.17, 15) is 22.8 Å². The number of ether oxygens (including phenoxy) is 1. The molecule has 9 heteroatoms. The SMILES string of the molecule is NC(=O)c1ccc(NC(=O)CCN2CCCc3cc(OC(F)(F)F)ccc32)cc1. The number of primary amides is 1. The first kappa shape index (κ1) is 20.5. The maximum absolute atomic E-state index is 12.4. The molecule has 0 bridgehead atoms. The van der Waals surface area contributed by atoms with Gasteiger partial charge in [-0.1, -0.05) is 0 Å². The maximum atomic E-state index is 12.4. The third kappa shape index (κ3) is 5.63. The van der Waals surface area contributed by atoms with Gasteiger partial charge in [0.05, 0.1) is 0 Å². The van der Waals surface area contributed by atoms with Crippen LogP contribution in [-0.2, 0) is 11.2 Å². The second kappa shape index (κ2) is 8.42. The van der Waals surface area contributed by atoms with Gasteiger partial charge >= 0.3 is 6.36 Å². The van der Waals surface area contributed by atoms with Crippen molar-refractivity contribution in [2.24, 2.45) is 5.73 Å². The maximum Gasteiger partial charge on any atom is 0.573 e. The third-order valence-corrected chi connectivity index (χ3v) is 4.56. The number of fused-ring (bicyclic) bond motifs is 1. The molecule has 3 N–H and O–H groups in total. The van der Waals surface area contributed by atoms with E-state index in [2.05, 4.69) is 10.1 Å². The lowest BCUT2D eigenvalue weighted by Crippen LogP contribution is -2.32. The molecule has 1 aliphatic heterocycles. The summed E-state index contributed by atoms with van der Waals surface area (Å²) >= 11 is 0. The van der Waals surface area contributed by atoms with Crippen LogP contribution in [0.25, 0.3) is 0 Å². The summed E-state index contributed by atoms with van der Waals surface area (Å²) in [4.78, 5) is 25.3. The van der Waals surface area contributed by atoms with Gasteiger partial charge in [0.15, 0.2) is 0 Å². The first-order valence-electron chi connectivity index (χ1n) is 9.04. The van der Waals surface area contributed by atoms with Crippen molar-refractivity contribution in [1.82, 2.24) is 0 Å². The number of carbonyl (C=O) groups is 2. The van der Waals surface area contributed by atoms with Gasteiger partial charge in [-0.2, -0.15) is 0 Å². The van der Waals surface area contributed by atoms with E-state index in [0.717, 1.165) is 17.7 Å². The Kier molecular flexibility index (Phi) is 5.95. The van der Waals surface area contributed by atoms with E-state index in [4.69, 9.17) is 5.73 Å². The lowest BCUT2D eigenvalue weighted by atomic mass is 10.0. The number of halogens is 3. The number of benzene rings is 2. The summed E-state index contributed by atoms with van der Waals surface area (Å²) in [6.07, 6.45) is -3.09. The Balaban J connectivity index is 1.58. The molecule has 1 heterocycles. The molecule has 0 saturated heterocycles. The standard InChI is InChI=1S/C20H20F3N3O3/c21-20(22,23)29-16-7-8-17-14(12-16)2-1-10-26(17)11-9-18(27)25-15-5-3-13(4-6-15)19(24)28/h3-8,12H,1-2,9-11H2,(H2,24,28)(H,25,27). The van der Waals surface area contributed by atoms with Gasteiger partial charge < -0.3 is 20.7 Å². The molecular formula is C20H20F3N3O3. The van der Waals surface area contributed by atoms with Crippen LogP contribution in [-0.4, -0.2) is 31.3 Å². The largest absolute Gasteiger partial charge is 0.573 e. The minimum absolute atomic E-state index is 0.206. The summed E-state index contributed by atoms with van der Waals surface area (Å²) < 4.78 is 41.2. The quantitative estimate of drug-likeness (QED) is 0.768. The van der Waals surface area contributed by atoms with Gasteiger partial charge in [-0.3, -0.25) is 9.59 Å². The van der Waals surface area contributed by atoms with E-state index < -0.39 is 12.3 Å². The Morgan fingerprint density at radius 1 is 1.14 bits per heavy atom. The summed E-state index contributed by atoms with van der Waals surface area (Å²) in [5, 5.41) is 2.74. The van der Waals surface area contributed by atoms with Crippen LogP contribution < -0.4 is 20.7 Å². The first-order chi connectivity index (χ1) is 13.7. The van der Waals surface area contributed by atoms with Gasteiger partial charge in [0, 0.05) is 36.4 Å². The number of alkyl halides is 3. The fraction of sp³-hybridized carbons (Fsp3) is 0.300. The van der Waals surface area contributed by atoms with Crippen LogP contribution in [0.2, 0.25) is 0 Å². The zero-order valence-electron chi connectivity index (χ0n) is 15.5. The molecule has 2 aromatic rings. The summed E-state index contributed by atoms with van der Waals surface area (Å²) in [6, 6.07) is 10.5. The van der Waals surface area contributed by atoms with Crippen molar-refractivity contribution in [3.63, 3.8) is 0 Å². The van der Waals surface area contributed by atoms with Crippen LogP contribution >= 0.6 is 0 Å². The van der Waals surface area contributed by atoms with Gasteiger partial charge in [-0.05, 0) is 60.9 Å². The van der Waals surface area contributed by atoms with Crippen LogP contribution in [0, 0.1) is 0 Å². The van der Waals surface area contributed by atoms with Crippen LogP contribution in [0.1, 0.15) is 28.8 Å². The van der Waals surface area contributed by atoms with E-state index >= 15 is 0 Å². The number of nitrogens with zero attached hydrogens (tertiary/aromatic N) is 1. The molecule has 0 atom stereocenters. The molecular weight excluding hydrogens is 387 g/mol. The van der Waals surface area contributed by atoms with Gasteiger partial charge in [-0.15, -0.1) is 13.2 Å². The molecule has 1 aliphatic rings. The summed E-state index contributed by atoms with van der Waals surface area (Å²) in [5.74, 6) is -0.994. The van der Waals surface area contributed by atoms with Crippen molar-refractivity contribution in [2.75, 3.05) is 23.3 Å². The zero-order valence-corrected chi connectivity index (χ0v) is 15.5. The average Bonchev–Trinajstić information content (AvgIpc) is 2.65.